The van der Waals surface area contributed by atoms with E-state index in [1.807, 2.05) is 18.2 Å². The first-order valence-corrected chi connectivity index (χ1v) is 7.41. The largest absolute Gasteiger partial charge is 0.497 e. The molecule has 0 aliphatic carbocycles. The summed E-state index contributed by atoms with van der Waals surface area (Å²) in [6.45, 7) is 1.68. The smallest absolute Gasteiger partial charge is 0.271 e. The highest BCUT2D eigenvalue weighted by Gasteiger charge is 2.07. The van der Waals surface area contributed by atoms with Gasteiger partial charge in [-0.2, -0.15) is 5.10 Å². The van der Waals surface area contributed by atoms with E-state index in [-0.39, 0.29) is 18.2 Å². The molecular weight excluding hydrogens is 306 g/mol. The molecule has 2 aromatic rings. The standard InChI is InChI=1S/C18H19N3O3/c1-13(12-17(22)19-15-6-4-3-5-7-15)20-21-18(23)14-8-10-16(24-2)11-9-14/h3-11H,12H2,1-2H3,(H,19,22)(H,21,23)/b20-13-. The van der Waals surface area contributed by atoms with Crippen molar-refractivity contribution >= 4 is 23.2 Å². The van der Waals surface area contributed by atoms with E-state index in [4.69, 9.17) is 4.74 Å². The second kappa shape index (κ2) is 8.47. The van der Waals surface area contributed by atoms with Crippen molar-refractivity contribution < 1.29 is 14.3 Å². The number of nitrogens with one attached hydrogen (secondary N) is 2. The zero-order valence-electron chi connectivity index (χ0n) is 13.6. The van der Waals surface area contributed by atoms with E-state index < -0.39 is 0 Å². The topological polar surface area (TPSA) is 79.8 Å². The van der Waals surface area contributed by atoms with Crippen molar-refractivity contribution in [1.82, 2.24) is 5.43 Å². The van der Waals surface area contributed by atoms with Crippen molar-refractivity contribution in [3.05, 3.63) is 60.2 Å². The Morgan fingerprint density at radius 2 is 1.71 bits per heavy atom. The van der Waals surface area contributed by atoms with Gasteiger partial charge in [0.05, 0.1) is 13.5 Å². The number of carbonyl (C=O) groups is 2. The molecule has 0 aromatic heterocycles. The number of ether oxygens (including phenoxy) is 1. The number of para-hydroxylation sites is 1. The van der Waals surface area contributed by atoms with Crippen LogP contribution in [-0.2, 0) is 4.79 Å². The van der Waals surface area contributed by atoms with E-state index in [1.54, 1.807) is 50.4 Å². The van der Waals surface area contributed by atoms with E-state index in [1.165, 1.54) is 0 Å². The zero-order chi connectivity index (χ0) is 17.4. The van der Waals surface area contributed by atoms with Gasteiger partial charge in [-0.3, -0.25) is 9.59 Å². The minimum Gasteiger partial charge on any atom is -0.497 e. The van der Waals surface area contributed by atoms with E-state index in [9.17, 15) is 9.59 Å². The van der Waals surface area contributed by atoms with Gasteiger partial charge in [0.1, 0.15) is 5.75 Å². The molecule has 0 heterocycles. The first-order valence-electron chi connectivity index (χ1n) is 7.41. The Morgan fingerprint density at radius 1 is 1.04 bits per heavy atom. The predicted molar refractivity (Wildman–Crippen MR) is 93.3 cm³/mol. The molecule has 2 amide bonds. The van der Waals surface area contributed by atoms with Crippen LogP contribution in [0, 0.1) is 0 Å². The number of hydrogen-bond donors (Lipinski definition) is 2. The van der Waals surface area contributed by atoms with Crippen molar-refractivity contribution in [2.75, 3.05) is 12.4 Å². The van der Waals surface area contributed by atoms with Gasteiger partial charge in [-0.15, -0.1) is 0 Å². The second-order valence-electron chi connectivity index (χ2n) is 5.11. The van der Waals surface area contributed by atoms with Gasteiger partial charge in [-0.05, 0) is 43.3 Å². The molecule has 0 radical (unpaired) electrons. The number of hydrogen-bond acceptors (Lipinski definition) is 4. The van der Waals surface area contributed by atoms with Crippen LogP contribution in [0.4, 0.5) is 5.69 Å². The molecule has 6 nitrogen and oxygen atoms in total. The van der Waals surface area contributed by atoms with Gasteiger partial charge >= 0.3 is 0 Å². The molecule has 0 aliphatic rings. The lowest BCUT2D eigenvalue weighted by Crippen LogP contribution is -2.21. The van der Waals surface area contributed by atoms with Crippen LogP contribution in [-0.4, -0.2) is 24.6 Å². The van der Waals surface area contributed by atoms with E-state index in [0.717, 1.165) is 5.69 Å². The lowest BCUT2D eigenvalue weighted by Gasteiger charge is -2.05. The molecule has 0 spiro atoms. The molecule has 0 aliphatic heterocycles. The minimum atomic E-state index is -0.347. The third-order valence-electron chi connectivity index (χ3n) is 3.17. The lowest BCUT2D eigenvalue weighted by atomic mass is 10.2. The first kappa shape index (κ1) is 17.2. The number of nitrogens with zero attached hydrogens (tertiary/aromatic N) is 1. The Kier molecular flexibility index (Phi) is 6.08. The fraction of sp³-hybridized carbons (Fsp3) is 0.167. The van der Waals surface area contributed by atoms with Gasteiger partial charge in [0.2, 0.25) is 5.91 Å². The number of methoxy groups -OCH3 is 1. The van der Waals surface area contributed by atoms with Gasteiger partial charge < -0.3 is 10.1 Å². The summed E-state index contributed by atoms with van der Waals surface area (Å²) in [7, 11) is 1.56. The first-order chi connectivity index (χ1) is 11.6. The number of amides is 2. The number of carbonyl (C=O) groups excluding carboxylic acids is 2. The molecule has 2 rings (SSSR count). The number of anilines is 1. The summed E-state index contributed by atoms with van der Waals surface area (Å²) in [5, 5.41) is 6.71. The Morgan fingerprint density at radius 3 is 2.33 bits per heavy atom. The molecule has 0 unspecified atom stereocenters. The summed E-state index contributed by atoms with van der Waals surface area (Å²) < 4.78 is 5.04. The number of benzene rings is 2. The summed E-state index contributed by atoms with van der Waals surface area (Å²) in [5.41, 5.74) is 4.12. The average Bonchev–Trinajstić information content (AvgIpc) is 2.60. The molecule has 0 saturated heterocycles. The average molecular weight is 325 g/mol. The maximum absolute atomic E-state index is 12.0. The Labute approximate surface area is 140 Å². The number of hydrazone groups is 1. The molecule has 0 saturated carbocycles. The highest BCUT2D eigenvalue weighted by Crippen LogP contribution is 2.11. The van der Waals surface area contributed by atoms with Crippen LogP contribution in [0.25, 0.3) is 0 Å². The fourth-order valence-corrected chi connectivity index (χ4v) is 1.95. The Bertz CT molecular complexity index is 725. The summed E-state index contributed by atoms with van der Waals surface area (Å²) in [6.07, 6.45) is 0.0950. The molecule has 24 heavy (non-hydrogen) atoms. The Hall–Kier alpha value is -3.15. The highest BCUT2D eigenvalue weighted by atomic mass is 16.5. The summed E-state index contributed by atoms with van der Waals surface area (Å²) >= 11 is 0. The fourth-order valence-electron chi connectivity index (χ4n) is 1.95. The molecule has 2 aromatic carbocycles. The van der Waals surface area contributed by atoms with Crippen LogP contribution >= 0.6 is 0 Å². The van der Waals surface area contributed by atoms with Gasteiger partial charge in [-0.25, -0.2) is 5.43 Å². The van der Waals surface area contributed by atoms with Crippen LogP contribution in [0.1, 0.15) is 23.7 Å². The van der Waals surface area contributed by atoms with Gasteiger partial charge in [0.15, 0.2) is 0 Å². The van der Waals surface area contributed by atoms with Crippen molar-refractivity contribution in [2.45, 2.75) is 13.3 Å². The molecule has 2 N–H and O–H groups in total. The van der Waals surface area contributed by atoms with Gasteiger partial charge in [0, 0.05) is 17.0 Å². The van der Waals surface area contributed by atoms with E-state index in [2.05, 4.69) is 15.8 Å². The van der Waals surface area contributed by atoms with Gasteiger partial charge in [-0.1, -0.05) is 18.2 Å². The number of rotatable bonds is 6. The van der Waals surface area contributed by atoms with E-state index >= 15 is 0 Å². The van der Waals surface area contributed by atoms with Crippen molar-refractivity contribution in [3.63, 3.8) is 0 Å². The molecule has 6 heteroatoms. The van der Waals surface area contributed by atoms with E-state index in [0.29, 0.717) is 17.0 Å². The molecule has 0 atom stereocenters. The summed E-state index contributed by atoms with van der Waals surface area (Å²) in [4.78, 5) is 23.9. The maximum atomic E-state index is 12.0. The van der Waals surface area contributed by atoms with Crippen LogP contribution in [0.2, 0.25) is 0 Å². The lowest BCUT2D eigenvalue weighted by molar-refractivity contribution is -0.115. The van der Waals surface area contributed by atoms with Crippen LogP contribution in [0.3, 0.4) is 0 Å². The highest BCUT2D eigenvalue weighted by molar-refractivity contribution is 6.06. The molecule has 0 fully saturated rings. The maximum Gasteiger partial charge on any atom is 0.271 e. The van der Waals surface area contributed by atoms with Crippen molar-refractivity contribution in [2.24, 2.45) is 5.10 Å². The quantitative estimate of drug-likeness (QED) is 0.633. The molecule has 0 bridgehead atoms. The van der Waals surface area contributed by atoms with Crippen LogP contribution < -0.4 is 15.5 Å². The summed E-state index contributed by atoms with van der Waals surface area (Å²) in [5.74, 6) is 0.130. The van der Waals surface area contributed by atoms with Crippen molar-refractivity contribution in [3.8, 4) is 5.75 Å². The minimum absolute atomic E-state index is 0.0950. The predicted octanol–water partition coefficient (Wildman–Crippen LogP) is 2.83. The third-order valence-corrected chi connectivity index (χ3v) is 3.17. The van der Waals surface area contributed by atoms with Crippen LogP contribution in [0.5, 0.6) is 5.75 Å². The molecular formula is C18H19N3O3. The Balaban J connectivity index is 1.86. The second-order valence-corrected chi connectivity index (χ2v) is 5.11. The molecule has 124 valence electrons. The third kappa shape index (κ3) is 5.24. The van der Waals surface area contributed by atoms with Crippen molar-refractivity contribution in [1.29, 1.82) is 0 Å². The summed E-state index contributed by atoms with van der Waals surface area (Å²) in [6, 6.07) is 15.8. The van der Waals surface area contributed by atoms with Gasteiger partial charge in [0.25, 0.3) is 5.91 Å². The zero-order valence-corrected chi connectivity index (χ0v) is 13.6. The van der Waals surface area contributed by atoms with Crippen LogP contribution in [0.15, 0.2) is 59.7 Å². The monoisotopic (exact) mass is 325 g/mol. The normalized spacial score (nSPS) is 10.8. The SMILES string of the molecule is COc1ccc(C(=O)N/N=C(/C)CC(=O)Nc2ccccc2)cc1.